The Labute approximate surface area is 252 Å². The van der Waals surface area contributed by atoms with Crippen molar-refractivity contribution in [1.82, 2.24) is 0 Å². The van der Waals surface area contributed by atoms with Crippen LogP contribution >= 0.6 is 0 Å². The lowest BCUT2D eigenvalue weighted by molar-refractivity contribution is -0.154. The van der Waals surface area contributed by atoms with Gasteiger partial charge in [0, 0.05) is 13.0 Å². The van der Waals surface area contributed by atoms with Gasteiger partial charge in [0.05, 0.1) is 36.9 Å². The highest BCUT2D eigenvalue weighted by atomic mass is 19.1. The molecule has 2 unspecified atom stereocenters. The van der Waals surface area contributed by atoms with Gasteiger partial charge >= 0.3 is 5.97 Å². The molecule has 10 nitrogen and oxygen atoms in total. The predicted octanol–water partition coefficient (Wildman–Crippen LogP) is 3.94. The SMILES string of the molecule is COCOC1C=C(OC)C=C(C=CC[C@@H]2OC(C)(C)O[C@@H]2C(OC(=O)c2ccccc2)C(F)=C[C@H](C)[C@H](C)O)[C@@H]1C(O)O. The number of carbonyl (C=O) groups excluding carboxylic acids is 1. The summed E-state index contributed by atoms with van der Waals surface area (Å²) in [6.45, 7) is 6.46. The Balaban J connectivity index is 1.90. The molecule has 3 N–H and O–H groups in total. The molecule has 0 spiro atoms. The van der Waals surface area contributed by atoms with Crippen LogP contribution < -0.4 is 0 Å². The number of benzene rings is 1. The van der Waals surface area contributed by atoms with Gasteiger partial charge in [0.25, 0.3) is 0 Å². The van der Waals surface area contributed by atoms with E-state index >= 15 is 4.39 Å². The lowest BCUT2D eigenvalue weighted by Gasteiger charge is -2.31. The third kappa shape index (κ3) is 9.54. The summed E-state index contributed by atoms with van der Waals surface area (Å²) < 4.78 is 49.7. The first-order valence-electron chi connectivity index (χ1n) is 14.1. The Morgan fingerprint density at radius 2 is 1.81 bits per heavy atom. The van der Waals surface area contributed by atoms with Crippen molar-refractivity contribution in [2.45, 2.75) is 76.7 Å². The Morgan fingerprint density at radius 1 is 1.12 bits per heavy atom. The number of rotatable bonds is 14. The summed E-state index contributed by atoms with van der Waals surface area (Å²) in [7, 11) is 2.94. The first kappa shape index (κ1) is 34.6. The van der Waals surface area contributed by atoms with Gasteiger partial charge in [-0.2, -0.15) is 0 Å². The second kappa shape index (κ2) is 15.7. The summed E-state index contributed by atoms with van der Waals surface area (Å²) in [5.74, 6) is -3.60. The molecule has 0 saturated carbocycles. The highest BCUT2D eigenvalue weighted by molar-refractivity contribution is 5.89. The number of methoxy groups -OCH3 is 2. The van der Waals surface area contributed by atoms with E-state index in [2.05, 4.69) is 0 Å². The van der Waals surface area contributed by atoms with Crippen molar-refractivity contribution in [2.24, 2.45) is 11.8 Å². The van der Waals surface area contributed by atoms with Crippen molar-refractivity contribution in [3.05, 3.63) is 83.4 Å². The maximum absolute atomic E-state index is 15.8. The summed E-state index contributed by atoms with van der Waals surface area (Å²) in [6.07, 6.45) is 1.49. The van der Waals surface area contributed by atoms with Gasteiger partial charge < -0.3 is 43.7 Å². The summed E-state index contributed by atoms with van der Waals surface area (Å²) >= 11 is 0. The van der Waals surface area contributed by atoms with Crippen molar-refractivity contribution in [2.75, 3.05) is 21.0 Å². The van der Waals surface area contributed by atoms with Gasteiger partial charge in [-0.25, -0.2) is 9.18 Å². The van der Waals surface area contributed by atoms with Crippen LogP contribution in [0.2, 0.25) is 0 Å². The summed E-state index contributed by atoms with van der Waals surface area (Å²) in [5, 5.41) is 30.3. The van der Waals surface area contributed by atoms with Crippen molar-refractivity contribution in [3.63, 3.8) is 0 Å². The number of aliphatic hydroxyl groups excluding tert-OH is 2. The van der Waals surface area contributed by atoms with Crippen LogP contribution in [0.4, 0.5) is 4.39 Å². The molecule has 1 aromatic carbocycles. The molecule has 7 atom stereocenters. The minimum absolute atomic E-state index is 0.0712. The minimum Gasteiger partial charge on any atom is -0.497 e. The van der Waals surface area contributed by atoms with Crippen LogP contribution in [0.25, 0.3) is 0 Å². The van der Waals surface area contributed by atoms with E-state index in [0.29, 0.717) is 11.3 Å². The molecule has 1 aliphatic heterocycles. The molecule has 1 fully saturated rings. The fourth-order valence-electron chi connectivity index (χ4n) is 4.85. The van der Waals surface area contributed by atoms with Crippen LogP contribution in [0.1, 0.15) is 44.5 Å². The second-order valence-electron chi connectivity index (χ2n) is 11.0. The Bertz CT molecular complexity index is 1170. The molecule has 0 aromatic heterocycles. The maximum Gasteiger partial charge on any atom is 0.338 e. The molecule has 1 saturated heterocycles. The maximum atomic E-state index is 15.8. The number of allylic oxidation sites excluding steroid dienone is 2. The summed E-state index contributed by atoms with van der Waals surface area (Å²) in [5.41, 5.74) is 0.748. The first-order chi connectivity index (χ1) is 20.4. The molecule has 0 amide bonds. The zero-order chi connectivity index (χ0) is 31.7. The third-order valence-electron chi connectivity index (χ3n) is 7.21. The highest BCUT2D eigenvalue weighted by Crippen LogP contribution is 2.37. The van der Waals surface area contributed by atoms with Crippen LogP contribution in [0.15, 0.2) is 77.9 Å². The third-order valence-corrected chi connectivity index (χ3v) is 7.21. The molecule has 2 aliphatic rings. The van der Waals surface area contributed by atoms with Gasteiger partial charge in [0.15, 0.2) is 18.2 Å². The monoisotopic (exact) mass is 606 g/mol. The van der Waals surface area contributed by atoms with E-state index in [1.165, 1.54) is 27.2 Å². The van der Waals surface area contributed by atoms with Gasteiger partial charge in [-0.05, 0) is 63.1 Å². The highest BCUT2D eigenvalue weighted by Gasteiger charge is 2.48. The normalized spacial score (nSPS) is 26.2. The second-order valence-corrected chi connectivity index (χ2v) is 11.0. The van der Waals surface area contributed by atoms with E-state index in [0.717, 1.165) is 0 Å². The topological polar surface area (TPSA) is 133 Å². The van der Waals surface area contributed by atoms with Gasteiger partial charge in [-0.15, -0.1) is 0 Å². The van der Waals surface area contributed by atoms with Gasteiger partial charge in [-0.1, -0.05) is 37.3 Å². The quantitative estimate of drug-likeness (QED) is 0.211. The van der Waals surface area contributed by atoms with Crippen LogP contribution in [-0.2, 0) is 28.4 Å². The lowest BCUT2D eigenvalue weighted by Crippen LogP contribution is -2.39. The number of carbonyl (C=O) groups is 1. The summed E-state index contributed by atoms with van der Waals surface area (Å²) in [4.78, 5) is 13.0. The molecule has 0 radical (unpaired) electrons. The minimum atomic E-state index is -1.75. The number of ether oxygens (including phenoxy) is 6. The van der Waals surface area contributed by atoms with E-state index in [1.54, 1.807) is 75.4 Å². The molecule has 11 heteroatoms. The molecular formula is C32H43FO10. The van der Waals surface area contributed by atoms with Crippen molar-refractivity contribution in [3.8, 4) is 0 Å². The van der Waals surface area contributed by atoms with E-state index in [4.69, 9.17) is 28.4 Å². The molecule has 238 valence electrons. The largest absolute Gasteiger partial charge is 0.497 e. The fraction of sp³-hybridized carbons (Fsp3) is 0.531. The van der Waals surface area contributed by atoms with E-state index in [-0.39, 0.29) is 18.8 Å². The predicted molar refractivity (Wildman–Crippen MR) is 155 cm³/mol. The molecule has 1 aromatic rings. The molecule has 1 heterocycles. The van der Waals surface area contributed by atoms with Gasteiger partial charge in [-0.3, -0.25) is 0 Å². The average molecular weight is 607 g/mol. The van der Waals surface area contributed by atoms with Gasteiger partial charge in [0.1, 0.15) is 24.5 Å². The Hall–Kier alpha value is -2.90. The van der Waals surface area contributed by atoms with E-state index in [1.807, 2.05) is 0 Å². The number of hydrogen-bond donors (Lipinski definition) is 3. The standard InChI is InChI=1S/C32H43FO10/c1-19(20(2)34)15-24(33)28(41-31(37)21-11-8-7-9-12-21)29-25(42-32(3,4)43-29)14-10-13-22-16-23(39-6)17-26(40-18-38-5)27(22)30(35)36/h7-13,15-17,19-20,25-30,34-36H,14,18H2,1-6H3/t19-,20-,25-,26?,27-,28?,29-/m0/s1. The molecule has 0 bridgehead atoms. The van der Waals surface area contributed by atoms with Crippen molar-refractivity contribution < 1.29 is 52.9 Å². The molecule has 1 aliphatic carbocycles. The molecule has 43 heavy (non-hydrogen) atoms. The smallest absolute Gasteiger partial charge is 0.338 e. The Morgan fingerprint density at radius 3 is 2.42 bits per heavy atom. The van der Waals surface area contributed by atoms with Crippen LogP contribution in [0.5, 0.6) is 0 Å². The van der Waals surface area contributed by atoms with Crippen LogP contribution in [-0.4, -0.2) is 84.9 Å². The van der Waals surface area contributed by atoms with Gasteiger partial charge in [0.2, 0.25) is 0 Å². The number of esters is 1. The number of hydrogen-bond acceptors (Lipinski definition) is 10. The zero-order valence-electron chi connectivity index (χ0n) is 25.4. The van der Waals surface area contributed by atoms with Crippen LogP contribution in [0.3, 0.4) is 0 Å². The number of aliphatic hydroxyl groups is 3. The first-order valence-corrected chi connectivity index (χ1v) is 14.1. The van der Waals surface area contributed by atoms with E-state index < -0.39 is 66.2 Å². The number of halogens is 1. The van der Waals surface area contributed by atoms with Crippen LogP contribution in [0, 0.1) is 11.8 Å². The average Bonchev–Trinajstić information content (AvgIpc) is 3.27. The van der Waals surface area contributed by atoms with E-state index in [9.17, 15) is 20.1 Å². The fourth-order valence-corrected chi connectivity index (χ4v) is 4.85. The lowest BCUT2D eigenvalue weighted by atomic mass is 9.87. The van der Waals surface area contributed by atoms with Crippen molar-refractivity contribution in [1.29, 1.82) is 0 Å². The molecule has 3 rings (SSSR count). The summed E-state index contributed by atoms with van der Waals surface area (Å²) in [6, 6.07) is 8.21. The molecular weight excluding hydrogens is 563 g/mol. The Kier molecular flexibility index (Phi) is 12.6. The zero-order valence-corrected chi connectivity index (χ0v) is 25.4. The van der Waals surface area contributed by atoms with Crippen molar-refractivity contribution >= 4 is 5.97 Å².